The van der Waals surface area contributed by atoms with E-state index < -0.39 is 8.40 Å². The van der Waals surface area contributed by atoms with Crippen LogP contribution < -0.4 is 0 Å². The minimum Gasteiger partial charge on any atom is -0.0887 e. The fraction of sp³-hybridized carbons (Fsp3) is 0.222. The van der Waals surface area contributed by atoms with E-state index in [1.165, 1.54) is 5.20 Å². The average Bonchev–Trinajstić information content (AvgIpc) is 2.05. The van der Waals surface area contributed by atoms with Crippen molar-refractivity contribution in [1.29, 1.82) is 0 Å². The summed E-state index contributed by atoms with van der Waals surface area (Å²) in [5, 5.41) is 1.52. The second-order valence-corrected chi connectivity index (χ2v) is 4.70. The van der Waals surface area contributed by atoms with E-state index >= 15 is 0 Å². The predicted molar refractivity (Wildman–Crippen MR) is 48.0 cm³/mol. The van der Waals surface area contributed by atoms with E-state index in [1.54, 1.807) is 0 Å². The van der Waals surface area contributed by atoms with Crippen LogP contribution in [-0.2, 0) is 0 Å². The zero-order chi connectivity index (χ0) is 7.40. The summed E-state index contributed by atoms with van der Waals surface area (Å²) in [5.74, 6) is 0. The molecule has 0 radical (unpaired) electrons. The van der Waals surface area contributed by atoms with Gasteiger partial charge in [0.25, 0.3) is 0 Å². The lowest BCUT2D eigenvalue weighted by molar-refractivity contribution is 1.71. The number of hydrogen-bond donors (Lipinski definition) is 0. The fourth-order valence-corrected chi connectivity index (χ4v) is 2.47. The van der Waals surface area contributed by atoms with Crippen molar-refractivity contribution in [1.82, 2.24) is 0 Å². The Kier molecular flexibility index (Phi) is 2.57. The highest BCUT2D eigenvalue weighted by Crippen LogP contribution is 1.99. The van der Waals surface area contributed by atoms with Crippen molar-refractivity contribution in [2.75, 3.05) is 0 Å². The molecule has 0 aliphatic rings. The van der Waals surface area contributed by atoms with E-state index in [2.05, 4.69) is 49.5 Å². The number of hydrogen-bond acceptors (Lipinski definition) is 0. The highest BCUT2D eigenvalue weighted by molar-refractivity contribution is 6.69. The van der Waals surface area contributed by atoms with Gasteiger partial charge in [0.1, 0.15) is 0 Å². The van der Waals surface area contributed by atoms with Crippen molar-refractivity contribution in [3.8, 4) is 0 Å². The summed E-state index contributed by atoms with van der Waals surface area (Å²) < 4.78 is 0. The van der Waals surface area contributed by atoms with Crippen LogP contribution in [0.2, 0.25) is 0 Å². The Morgan fingerprint density at radius 3 is 2.30 bits per heavy atom. The van der Waals surface area contributed by atoms with E-state index in [-0.39, 0.29) is 0 Å². The SMILES string of the molecule is C/C=C(\C)[si]1ccccc1. The number of allylic oxidation sites excluding steroid dienone is 2. The van der Waals surface area contributed by atoms with Crippen LogP contribution in [0.5, 0.6) is 0 Å². The lowest BCUT2D eigenvalue weighted by Gasteiger charge is -1.95. The van der Waals surface area contributed by atoms with Gasteiger partial charge in [-0.3, -0.25) is 0 Å². The monoisotopic (exact) mass is 148 g/mol. The number of rotatable bonds is 1. The van der Waals surface area contributed by atoms with Gasteiger partial charge in [-0.25, -0.2) is 0 Å². The van der Waals surface area contributed by atoms with Gasteiger partial charge in [-0.1, -0.05) is 40.8 Å². The molecule has 0 bridgehead atoms. The van der Waals surface area contributed by atoms with Gasteiger partial charge in [0.15, 0.2) is 0 Å². The molecule has 0 aliphatic heterocycles. The fourth-order valence-electron chi connectivity index (χ4n) is 0.868. The van der Waals surface area contributed by atoms with Gasteiger partial charge in [-0.2, -0.15) is 0 Å². The average molecular weight is 148 g/mol. The topological polar surface area (TPSA) is 0 Å². The molecule has 0 nitrogen and oxygen atoms in total. The van der Waals surface area contributed by atoms with Crippen LogP contribution in [0.1, 0.15) is 13.8 Å². The Balaban J connectivity index is 2.96. The quantitative estimate of drug-likeness (QED) is 0.537. The van der Waals surface area contributed by atoms with E-state index in [1.807, 2.05) is 0 Å². The Labute approximate surface area is 63.7 Å². The van der Waals surface area contributed by atoms with Crippen molar-refractivity contribution in [3.63, 3.8) is 0 Å². The van der Waals surface area contributed by atoms with Crippen LogP contribution in [-0.4, -0.2) is 8.40 Å². The predicted octanol–water partition coefficient (Wildman–Crippen LogP) is 2.59. The molecule has 0 aromatic carbocycles. The Hall–Kier alpha value is -0.693. The summed E-state index contributed by atoms with van der Waals surface area (Å²) in [5.41, 5.74) is 4.61. The van der Waals surface area contributed by atoms with Crippen molar-refractivity contribution in [2.45, 2.75) is 13.8 Å². The highest BCUT2D eigenvalue weighted by Gasteiger charge is 1.90. The van der Waals surface area contributed by atoms with Crippen molar-refractivity contribution >= 4 is 13.6 Å². The molecule has 0 spiro atoms. The molecular weight excluding hydrogens is 136 g/mol. The van der Waals surface area contributed by atoms with Gasteiger partial charge in [-0.15, -0.1) is 0 Å². The largest absolute Gasteiger partial charge is 0.0887 e. The summed E-state index contributed by atoms with van der Waals surface area (Å²) in [6, 6.07) is 6.36. The smallest absolute Gasteiger partial charge is 0.0673 e. The van der Waals surface area contributed by atoms with Crippen LogP contribution >= 0.6 is 0 Å². The maximum Gasteiger partial charge on any atom is 0.0673 e. The molecule has 0 saturated heterocycles. The van der Waals surface area contributed by atoms with E-state index in [4.69, 9.17) is 0 Å². The van der Waals surface area contributed by atoms with Crippen LogP contribution in [0, 0.1) is 0 Å². The third-order valence-electron chi connectivity index (χ3n) is 1.66. The Morgan fingerprint density at radius 2 is 1.80 bits per heavy atom. The lowest BCUT2D eigenvalue weighted by atomic mass is 10.6. The van der Waals surface area contributed by atoms with Gasteiger partial charge in [0.2, 0.25) is 0 Å². The summed E-state index contributed by atoms with van der Waals surface area (Å²) >= 11 is 0. The first-order valence-corrected chi connectivity index (χ1v) is 5.18. The molecule has 0 aliphatic carbocycles. The van der Waals surface area contributed by atoms with E-state index in [9.17, 15) is 0 Å². The standard InChI is InChI=1S/C9H12Si/c1-3-9(2)10-7-5-4-6-8-10/h3-8H,1-2H3/b9-3+. The maximum atomic E-state index is 2.31. The van der Waals surface area contributed by atoms with Gasteiger partial charge < -0.3 is 0 Å². The first kappa shape index (κ1) is 7.41. The molecule has 0 saturated carbocycles. The molecule has 10 heavy (non-hydrogen) atoms. The minimum atomic E-state index is -0.408. The van der Waals surface area contributed by atoms with Gasteiger partial charge in [0.05, 0.1) is 8.40 Å². The highest BCUT2D eigenvalue weighted by atomic mass is 28.2. The molecule has 1 aromatic heterocycles. The summed E-state index contributed by atoms with van der Waals surface area (Å²) in [7, 11) is -0.408. The molecular formula is C9H12Si. The van der Waals surface area contributed by atoms with Crippen LogP contribution in [0.3, 0.4) is 0 Å². The van der Waals surface area contributed by atoms with Crippen LogP contribution in [0.15, 0.2) is 35.6 Å². The second-order valence-electron chi connectivity index (χ2n) is 2.34. The van der Waals surface area contributed by atoms with Crippen LogP contribution in [0.25, 0.3) is 5.20 Å². The first-order chi connectivity index (χ1) is 4.84. The molecule has 0 unspecified atom stereocenters. The normalized spacial score (nSPS) is 11.6. The third-order valence-corrected chi connectivity index (χ3v) is 3.96. The van der Waals surface area contributed by atoms with Gasteiger partial charge >= 0.3 is 0 Å². The molecule has 0 fully saturated rings. The van der Waals surface area contributed by atoms with E-state index in [0.29, 0.717) is 0 Å². The maximum absolute atomic E-state index is 2.31. The zero-order valence-corrected chi connectivity index (χ0v) is 7.46. The van der Waals surface area contributed by atoms with Crippen molar-refractivity contribution < 1.29 is 0 Å². The van der Waals surface area contributed by atoms with E-state index in [0.717, 1.165) is 0 Å². The molecule has 1 aromatic rings. The summed E-state index contributed by atoms with van der Waals surface area (Å²) in [4.78, 5) is 0. The van der Waals surface area contributed by atoms with Crippen molar-refractivity contribution in [3.05, 3.63) is 35.6 Å². The minimum absolute atomic E-state index is 0.408. The molecule has 1 heteroatoms. The Bertz CT molecular complexity index is 224. The molecule has 52 valence electrons. The van der Waals surface area contributed by atoms with Crippen LogP contribution in [0.4, 0.5) is 0 Å². The summed E-state index contributed by atoms with van der Waals surface area (Å²) in [6.45, 7) is 4.31. The lowest BCUT2D eigenvalue weighted by Crippen LogP contribution is -1.92. The first-order valence-electron chi connectivity index (χ1n) is 3.53. The van der Waals surface area contributed by atoms with Gasteiger partial charge in [0, 0.05) is 0 Å². The molecule has 0 N–H and O–H groups in total. The molecule has 0 amide bonds. The second kappa shape index (κ2) is 3.47. The molecule has 0 atom stereocenters. The molecule has 1 rings (SSSR count). The van der Waals surface area contributed by atoms with Gasteiger partial charge in [-0.05, 0) is 13.8 Å². The Morgan fingerprint density at radius 1 is 1.20 bits per heavy atom. The van der Waals surface area contributed by atoms with Crippen molar-refractivity contribution in [2.24, 2.45) is 0 Å². The zero-order valence-electron chi connectivity index (χ0n) is 6.46. The summed E-state index contributed by atoms with van der Waals surface area (Å²) in [6.07, 6.45) is 2.20. The third kappa shape index (κ3) is 1.64. The molecule has 1 heterocycles.